The van der Waals surface area contributed by atoms with Crippen LogP contribution >= 0.6 is 11.6 Å². The van der Waals surface area contributed by atoms with Crippen LogP contribution in [0, 0.1) is 5.82 Å². The molecule has 2 aromatic rings. The zero-order chi connectivity index (χ0) is 20.9. The smallest absolute Gasteiger partial charge is 0.341 e. The summed E-state index contributed by atoms with van der Waals surface area (Å²) in [6.45, 7) is 0.703. The average Bonchev–Trinajstić information content (AvgIpc) is 3.42. The normalized spacial score (nSPS) is 19.0. The molecule has 0 radical (unpaired) electrons. The van der Waals surface area contributed by atoms with Gasteiger partial charge in [-0.3, -0.25) is 9.59 Å². The second-order valence-electron chi connectivity index (χ2n) is 7.44. The van der Waals surface area contributed by atoms with Crippen LogP contribution in [0.4, 0.5) is 10.1 Å². The van der Waals surface area contributed by atoms with E-state index in [4.69, 9.17) is 17.3 Å². The lowest BCUT2D eigenvalue weighted by Gasteiger charge is -2.23. The van der Waals surface area contributed by atoms with Crippen LogP contribution in [0.1, 0.15) is 35.7 Å². The highest BCUT2D eigenvalue weighted by Gasteiger charge is 2.32. The summed E-state index contributed by atoms with van der Waals surface area (Å²) in [6.07, 6.45) is 3.56. The van der Waals surface area contributed by atoms with Crippen molar-refractivity contribution in [1.29, 1.82) is 0 Å². The van der Waals surface area contributed by atoms with Crippen molar-refractivity contribution in [3.8, 4) is 0 Å². The number of hydrogen-bond donors (Lipinski definition) is 3. The first-order valence-corrected chi connectivity index (χ1v) is 9.74. The van der Waals surface area contributed by atoms with Gasteiger partial charge in [0.1, 0.15) is 11.4 Å². The van der Waals surface area contributed by atoms with E-state index in [2.05, 4.69) is 5.32 Å². The second kappa shape index (κ2) is 7.31. The molecule has 1 atom stereocenters. The summed E-state index contributed by atoms with van der Waals surface area (Å²) in [5.74, 6) is -2.34. The molecule has 2 aliphatic rings. The number of benzene rings is 1. The summed E-state index contributed by atoms with van der Waals surface area (Å²) < 4.78 is 16.7. The monoisotopic (exact) mass is 422 g/mol. The van der Waals surface area contributed by atoms with Crippen LogP contribution in [0.25, 0.3) is 10.9 Å². The van der Waals surface area contributed by atoms with Crippen molar-refractivity contribution in [3.05, 3.63) is 38.9 Å². The van der Waals surface area contributed by atoms with Gasteiger partial charge in [0.05, 0.1) is 28.2 Å². The van der Waals surface area contributed by atoms with Gasteiger partial charge >= 0.3 is 5.97 Å². The lowest BCUT2D eigenvalue weighted by atomic mass is 10.1. The van der Waals surface area contributed by atoms with Crippen molar-refractivity contribution in [2.24, 2.45) is 5.73 Å². The molecule has 154 valence electrons. The fraction of sp³-hybridized carbons (Fsp3) is 0.421. The van der Waals surface area contributed by atoms with E-state index in [1.807, 2.05) is 0 Å². The first-order valence-electron chi connectivity index (χ1n) is 9.36. The van der Waals surface area contributed by atoms with Crippen LogP contribution < -0.4 is 21.4 Å². The Morgan fingerprint density at radius 1 is 1.34 bits per heavy atom. The molecule has 0 spiro atoms. The summed E-state index contributed by atoms with van der Waals surface area (Å²) in [5.41, 5.74) is 4.66. The Hall–Kier alpha value is -2.65. The molecule has 1 aliphatic heterocycles. The van der Waals surface area contributed by atoms with Crippen molar-refractivity contribution in [2.45, 2.75) is 31.3 Å². The number of hydrogen-bond acceptors (Lipinski definition) is 5. The molecule has 1 aliphatic carbocycles. The number of rotatable bonds is 5. The van der Waals surface area contributed by atoms with Gasteiger partial charge in [0, 0.05) is 31.4 Å². The summed E-state index contributed by atoms with van der Waals surface area (Å²) in [7, 11) is 0. The van der Waals surface area contributed by atoms with Crippen molar-refractivity contribution in [1.82, 2.24) is 9.88 Å². The number of carbonyl (C=O) groups is 2. The Kier molecular flexibility index (Phi) is 4.95. The number of nitrogens with zero attached hydrogens (tertiary/aromatic N) is 2. The quantitative estimate of drug-likeness (QED) is 0.671. The summed E-state index contributed by atoms with van der Waals surface area (Å²) in [5, 5.41) is 12.2. The topological polar surface area (TPSA) is 118 Å². The maximum absolute atomic E-state index is 15.0. The van der Waals surface area contributed by atoms with Gasteiger partial charge in [0.15, 0.2) is 0 Å². The number of aromatic nitrogens is 1. The second-order valence-corrected chi connectivity index (χ2v) is 7.81. The van der Waals surface area contributed by atoms with E-state index < -0.39 is 22.8 Å². The number of nitrogens with one attached hydrogen (secondary N) is 1. The fourth-order valence-corrected chi connectivity index (χ4v) is 4.29. The van der Waals surface area contributed by atoms with Crippen molar-refractivity contribution in [2.75, 3.05) is 24.5 Å². The van der Waals surface area contributed by atoms with Crippen molar-refractivity contribution in [3.63, 3.8) is 0 Å². The number of aromatic carboxylic acids is 1. The number of carboxylic acids is 1. The van der Waals surface area contributed by atoms with Gasteiger partial charge in [0.2, 0.25) is 11.3 Å². The molecule has 29 heavy (non-hydrogen) atoms. The van der Waals surface area contributed by atoms with Gasteiger partial charge in [-0.2, -0.15) is 0 Å². The molecule has 1 saturated heterocycles. The summed E-state index contributed by atoms with van der Waals surface area (Å²) in [4.78, 5) is 37.3. The van der Waals surface area contributed by atoms with E-state index in [-0.39, 0.29) is 40.6 Å². The number of halogens is 2. The minimum absolute atomic E-state index is 0.0298. The largest absolute Gasteiger partial charge is 0.477 e. The molecule has 1 aromatic carbocycles. The fourth-order valence-electron chi connectivity index (χ4n) is 3.88. The molecule has 1 unspecified atom stereocenters. The van der Waals surface area contributed by atoms with Crippen molar-refractivity contribution < 1.29 is 19.1 Å². The average molecular weight is 423 g/mol. The van der Waals surface area contributed by atoms with E-state index in [9.17, 15) is 19.5 Å². The van der Waals surface area contributed by atoms with Crippen LogP contribution in [-0.2, 0) is 4.79 Å². The number of nitrogens with two attached hydrogens (primary N) is 1. The van der Waals surface area contributed by atoms with Crippen LogP contribution in [-0.4, -0.2) is 47.2 Å². The van der Waals surface area contributed by atoms with Crippen LogP contribution in [0.5, 0.6) is 0 Å². The molecule has 4 N–H and O–H groups in total. The van der Waals surface area contributed by atoms with E-state index in [1.54, 1.807) is 9.47 Å². The molecular weight excluding hydrogens is 403 g/mol. The van der Waals surface area contributed by atoms with Gasteiger partial charge in [-0.05, 0) is 25.3 Å². The number of carboxylic acid groups (broad SMARTS) is 1. The third-order valence-corrected chi connectivity index (χ3v) is 5.77. The van der Waals surface area contributed by atoms with Gasteiger partial charge in [-0.25, -0.2) is 9.18 Å². The Morgan fingerprint density at radius 2 is 2.07 bits per heavy atom. The molecule has 2 fully saturated rings. The minimum Gasteiger partial charge on any atom is -0.477 e. The maximum Gasteiger partial charge on any atom is 0.341 e. The standard InChI is InChI=1S/C19H20ClFN4O4/c20-15-16-11(18(27)12(19(28)29)8-25(16)10-1-2-10)5-13(21)17(15)24-4-3-9(7-24)23-14(26)6-22/h5,8-10H,1-4,6-7,22H2,(H,23,26)(H,28,29). The van der Waals surface area contributed by atoms with Gasteiger partial charge in [0.25, 0.3) is 0 Å². The van der Waals surface area contributed by atoms with Gasteiger partial charge in [-0.1, -0.05) is 11.6 Å². The Morgan fingerprint density at radius 3 is 2.69 bits per heavy atom. The zero-order valence-electron chi connectivity index (χ0n) is 15.5. The van der Waals surface area contributed by atoms with Gasteiger partial charge < -0.3 is 25.6 Å². The van der Waals surface area contributed by atoms with E-state index in [0.29, 0.717) is 25.0 Å². The Bertz CT molecular complexity index is 1080. The predicted octanol–water partition coefficient (Wildman–Crippen LogP) is 1.48. The molecule has 1 amide bonds. The number of fused-ring (bicyclic) bond motifs is 1. The Labute approximate surface area is 170 Å². The molecule has 1 saturated carbocycles. The van der Waals surface area contributed by atoms with Crippen LogP contribution in [0.3, 0.4) is 0 Å². The summed E-state index contributed by atoms with van der Waals surface area (Å²) in [6, 6.07) is 0.912. The predicted molar refractivity (Wildman–Crippen MR) is 106 cm³/mol. The number of amides is 1. The lowest BCUT2D eigenvalue weighted by molar-refractivity contribution is -0.120. The first-order chi connectivity index (χ1) is 13.8. The highest BCUT2D eigenvalue weighted by Crippen LogP contribution is 2.42. The van der Waals surface area contributed by atoms with E-state index >= 15 is 4.39 Å². The van der Waals surface area contributed by atoms with Crippen molar-refractivity contribution >= 4 is 40.1 Å². The highest BCUT2D eigenvalue weighted by atomic mass is 35.5. The number of pyridine rings is 1. The third-order valence-electron chi connectivity index (χ3n) is 5.41. The number of carbonyl (C=O) groups excluding carboxylic acids is 1. The molecule has 1 aromatic heterocycles. The zero-order valence-corrected chi connectivity index (χ0v) is 16.2. The number of anilines is 1. The van der Waals surface area contributed by atoms with E-state index in [1.165, 1.54) is 6.20 Å². The maximum atomic E-state index is 15.0. The third kappa shape index (κ3) is 3.44. The summed E-state index contributed by atoms with van der Waals surface area (Å²) >= 11 is 6.59. The SMILES string of the molecule is NCC(=O)NC1CCN(c2c(F)cc3c(=O)c(C(=O)O)cn(C4CC4)c3c2Cl)C1. The lowest BCUT2D eigenvalue weighted by Crippen LogP contribution is -2.40. The molecule has 0 bridgehead atoms. The molecule has 10 heteroatoms. The molecule has 2 heterocycles. The van der Waals surface area contributed by atoms with E-state index in [0.717, 1.165) is 18.9 Å². The molecule has 8 nitrogen and oxygen atoms in total. The van der Waals surface area contributed by atoms with Gasteiger partial charge in [-0.15, -0.1) is 0 Å². The van der Waals surface area contributed by atoms with Crippen LogP contribution in [0.15, 0.2) is 17.1 Å². The highest BCUT2D eigenvalue weighted by molar-refractivity contribution is 6.38. The Balaban J connectivity index is 1.82. The van der Waals surface area contributed by atoms with Crippen LogP contribution in [0.2, 0.25) is 5.02 Å². The minimum atomic E-state index is -1.36. The molecule has 4 rings (SSSR count). The first kappa shape index (κ1) is 19.7. The molecular formula is C19H20ClFN4O4.